The van der Waals surface area contributed by atoms with Gasteiger partial charge < -0.3 is 20.4 Å². The molecule has 6 nitrogen and oxygen atoms in total. The van der Waals surface area contributed by atoms with Crippen LogP contribution in [0, 0.1) is 0 Å². The summed E-state index contributed by atoms with van der Waals surface area (Å²) in [5.74, 6) is 0.218. The van der Waals surface area contributed by atoms with Crippen molar-refractivity contribution in [1.82, 2.24) is 9.55 Å². The zero-order valence-electron chi connectivity index (χ0n) is 11.7. The Morgan fingerprint density at radius 2 is 2.32 bits per heavy atom. The van der Waals surface area contributed by atoms with Gasteiger partial charge in [0.2, 0.25) is 5.91 Å². The minimum atomic E-state index is -0.516. The predicted molar refractivity (Wildman–Crippen MR) is 73.7 cm³/mol. The lowest BCUT2D eigenvalue weighted by Gasteiger charge is -2.23. The first kappa shape index (κ1) is 15.4. The number of anilines is 1. The van der Waals surface area contributed by atoms with Crippen LogP contribution in [-0.2, 0) is 15.1 Å². The number of carbonyl (C=O) groups is 2. The van der Waals surface area contributed by atoms with Crippen molar-refractivity contribution in [1.29, 1.82) is 0 Å². The Hall–Kier alpha value is -1.69. The molecule has 0 saturated heterocycles. The number of nitrogens with two attached hydrogens (primary N) is 1. The van der Waals surface area contributed by atoms with Crippen LogP contribution in [0.4, 0.5) is 5.82 Å². The SMILES string of the molecule is CCCC(N)C(=O)Nc1cn(C(C)(C)CC=O)cn1. The molecule has 19 heavy (non-hydrogen) atoms. The normalized spacial score (nSPS) is 13.1. The van der Waals surface area contributed by atoms with E-state index in [1.54, 1.807) is 12.5 Å². The van der Waals surface area contributed by atoms with Gasteiger partial charge in [0.25, 0.3) is 0 Å². The number of imidazole rings is 1. The summed E-state index contributed by atoms with van der Waals surface area (Å²) in [6.07, 6.45) is 6.06. The molecule has 1 atom stereocenters. The molecule has 0 aliphatic carbocycles. The van der Waals surface area contributed by atoms with Gasteiger partial charge in [0.05, 0.1) is 12.4 Å². The minimum Gasteiger partial charge on any atom is -0.329 e. The number of amides is 1. The van der Waals surface area contributed by atoms with Gasteiger partial charge in [0, 0.05) is 18.2 Å². The van der Waals surface area contributed by atoms with E-state index in [0.29, 0.717) is 18.7 Å². The lowest BCUT2D eigenvalue weighted by atomic mass is 10.0. The topological polar surface area (TPSA) is 90.0 Å². The van der Waals surface area contributed by atoms with E-state index in [1.165, 1.54) is 0 Å². The molecule has 1 amide bonds. The summed E-state index contributed by atoms with van der Waals surface area (Å²) in [4.78, 5) is 26.5. The number of rotatable bonds is 7. The van der Waals surface area contributed by atoms with Crippen LogP contribution in [0.2, 0.25) is 0 Å². The van der Waals surface area contributed by atoms with E-state index in [4.69, 9.17) is 5.73 Å². The molecule has 0 spiro atoms. The molecule has 0 saturated carbocycles. The van der Waals surface area contributed by atoms with Crippen LogP contribution in [0.1, 0.15) is 40.0 Å². The third kappa shape index (κ3) is 4.17. The van der Waals surface area contributed by atoms with Crippen molar-refractivity contribution in [3.63, 3.8) is 0 Å². The maximum Gasteiger partial charge on any atom is 0.242 e. The average molecular weight is 266 g/mol. The summed E-state index contributed by atoms with van der Waals surface area (Å²) in [5, 5.41) is 2.68. The molecule has 1 aromatic rings. The Morgan fingerprint density at radius 3 is 2.89 bits per heavy atom. The van der Waals surface area contributed by atoms with Crippen molar-refractivity contribution < 1.29 is 9.59 Å². The zero-order valence-corrected chi connectivity index (χ0v) is 11.7. The van der Waals surface area contributed by atoms with E-state index in [2.05, 4.69) is 10.3 Å². The van der Waals surface area contributed by atoms with E-state index < -0.39 is 6.04 Å². The van der Waals surface area contributed by atoms with E-state index >= 15 is 0 Å². The van der Waals surface area contributed by atoms with Gasteiger partial charge in [-0.3, -0.25) is 4.79 Å². The average Bonchev–Trinajstić information content (AvgIpc) is 2.78. The number of aromatic nitrogens is 2. The molecule has 6 heteroatoms. The second-order valence-electron chi connectivity index (χ2n) is 5.23. The van der Waals surface area contributed by atoms with Crippen molar-refractivity contribution >= 4 is 18.0 Å². The van der Waals surface area contributed by atoms with Crippen molar-refractivity contribution in [3.8, 4) is 0 Å². The number of carbonyl (C=O) groups excluding carboxylic acids is 2. The van der Waals surface area contributed by atoms with E-state index in [9.17, 15) is 9.59 Å². The van der Waals surface area contributed by atoms with Crippen molar-refractivity contribution in [2.24, 2.45) is 5.73 Å². The molecule has 0 aliphatic heterocycles. The van der Waals surface area contributed by atoms with Crippen LogP contribution in [0.15, 0.2) is 12.5 Å². The quantitative estimate of drug-likeness (QED) is 0.727. The smallest absolute Gasteiger partial charge is 0.242 e. The summed E-state index contributed by atoms with van der Waals surface area (Å²) in [5.41, 5.74) is 5.37. The molecule has 106 valence electrons. The number of aldehydes is 1. The fraction of sp³-hybridized carbons (Fsp3) is 0.615. The van der Waals surface area contributed by atoms with Gasteiger partial charge in [-0.2, -0.15) is 0 Å². The third-order valence-corrected chi connectivity index (χ3v) is 3.05. The van der Waals surface area contributed by atoms with Gasteiger partial charge in [0.1, 0.15) is 6.29 Å². The Kier molecular flexibility index (Phi) is 5.23. The lowest BCUT2D eigenvalue weighted by molar-refractivity contribution is -0.117. The molecule has 1 unspecified atom stereocenters. The van der Waals surface area contributed by atoms with Crippen LogP contribution in [0.5, 0.6) is 0 Å². The second-order valence-corrected chi connectivity index (χ2v) is 5.23. The Morgan fingerprint density at radius 1 is 1.63 bits per heavy atom. The van der Waals surface area contributed by atoms with Gasteiger partial charge in [-0.1, -0.05) is 13.3 Å². The number of nitrogens with zero attached hydrogens (tertiary/aromatic N) is 2. The highest BCUT2D eigenvalue weighted by Gasteiger charge is 2.20. The largest absolute Gasteiger partial charge is 0.329 e. The number of nitrogens with one attached hydrogen (secondary N) is 1. The van der Waals surface area contributed by atoms with Crippen LogP contribution >= 0.6 is 0 Å². The molecule has 1 aromatic heterocycles. The maximum absolute atomic E-state index is 11.7. The van der Waals surface area contributed by atoms with Crippen LogP contribution < -0.4 is 11.1 Å². The summed E-state index contributed by atoms with van der Waals surface area (Å²) in [7, 11) is 0. The van der Waals surface area contributed by atoms with Crippen LogP contribution in [-0.4, -0.2) is 27.8 Å². The first-order chi connectivity index (χ1) is 8.90. The van der Waals surface area contributed by atoms with Crippen LogP contribution in [0.25, 0.3) is 0 Å². The predicted octanol–water partition coefficient (Wildman–Crippen LogP) is 1.27. The van der Waals surface area contributed by atoms with Gasteiger partial charge in [-0.05, 0) is 20.3 Å². The van der Waals surface area contributed by atoms with Gasteiger partial charge in [0.15, 0.2) is 5.82 Å². The third-order valence-electron chi connectivity index (χ3n) is 3.05. The molecule has 1 heterocycles. The fourth-order valence-corrected chi connectivity index (χ4v) is 1.69. The van der Waals surface area contributed by atoms with E-state index in [0.717, 1.165) is 12.7 Å². The molecular weight excluding hydrogens is 244 g/mol. The molecule has 0 fully saturated rings. The summed E-state index contributed by atoms with van der Waals surface area (Å²) >= 11 is 0. The molecule has 0 aromatic carbocycles. The lowest BCUT2D eigenvalue weighted by Crippen LogP contribution is -2.35. The standard InChI is InChI=1S/C13H22N4O2/c1-4-5-10(14)12(19)16-11-8-17(9-15-11)13(2,3)6-7-18/h7-10H,4-6,14H2,1-3H3,(H,16,19). The van der Waals surface area contributed by atoms with Gasteiger partial charge in [-0.25, -0.2) is 4.98 Å². The summed E-state index contributed by atoms with van der Waals surface area (Å²) < 4.78 is 1.81. The highest BCUT2D eigenvalue weighted by Crippen LogP contribution is 2.20. The highest BCUT2D eigenvalue weighted by molar-refractivity contribution is 5.93. The monoisotopic (exact) mass is 266 g/mol. The zero-order chi connectivity index (χ0) is 14.5. The Balaban J connectivity index is 2.70. The maximum atomic E-state index is 11.7. The molecule has 0 aliphatic rings. The molecule has 3 N–H and O–H groups in total. The van der Waals surface area contributed by atoms with Crippen molar-refractivity contribution in [3.05, 3.63) is 12.5 Å². The van der Waals surface area contributed by atoms with Crippen molar-refractivity contribution in [2.75, 3.05) is 5.32 Å². The van der Waals surface area contributed by atoms with E-state index in [1.807, 2.05) is 25.3 Å². The summed E-state index contributed by atoms with van der Waals surface area (Å²) in [6.45, 7) is 5.83. The minimum absolute atomic E-state index is 0.236. The number of hydrogen-bond acceptors (Lipinski definition) is 4. The van der Waals surface area contributed by atoms with Crippen molar-refractivity contribution in [2.45, 2.75) is 51.6 Å². The second kappa shape index (κ2) is 6.47. The number of hydrogen-bond donors (Lipinski definition) is 2. The van der Waals surface area contributed by atoms with E-state index in [-0.39, 0.29) is 11.4 Å². The highest BCUT2D eigenvalue weighted by atomic mass is 16.2. The van der Waals surface area contributed by atoms with Gasteiger partial charge in [-0.15, -0.1) is 0 Å². The fourth-order valence-electron chi connectivity index (χ4n) is 1.69. The first-order valence-corrected chi connectivity index (χ1v) is 6.45. The Labute approximate surface area is 113 Å². The molecule has 0 bridgehead atoms. The molecule has 1 rings (SSSR count). The van der Waals surface area contributed by atoms with Gasteiger partial charge >= 0.3 is 0 Å². The molecular formula is C13H22N4O2. The first-order valence-electron chi connectivity index (χ1n) is 6.45. The molecule has 0 radical (unpaired) electrons. The van der Waals surface area contributed by atoms with Crippen LogP contribution in [0.3, 0.4) is 0 Å². The Bertz CT molecular complexity index is 440. The summed E-state index contributed by atoms with van der Waals surface area (Å²) in [6, 6.07) is -0.516.